The number of aromatic nitrogens is 1. The fourth-order valence-corrected chi connectivity index (χ4v) is 1.21. The molecule has 1 heterocycles. The third-order valence-corrected chi connectivity index (χ3v) is 1.93. The maximum absolute atomic E-state index is 8.58. The van der Waals surface area contributed by atoms with Crippen molar-refractivity contribution in [3.05, 3.63) is 54.4 Å². The highest BCUT2D eigenvalue weighted by atomic mass is 14.7. The molecule has 65 valence electrons. The third-order valence-electron chi connectivity index (χ3n) is 1.93. The highest BCUT2D eigenvalue weighted by Gasteiger charge is 1.96. The van der Waals surface area contributed by atoms with Gasteiger partial charge in [-0.1, -0.05) is 24.3 Å². The van der Waals surface area contributed by atoms with Gasteiger partial charge in [-0.2, -0.15) is 5.26 Å². The quantitative estimate of drug-likeness (QED) is 0.674. The standard InChI is InChI=1S/C12H7N2/c13-8-12-7-6-11(9-14-12)10-4-2-1-3-5-10/h2-7,9H. The molecule has 0 atom stereocenters. The fraction of sp³-hybridized carbons (Fsp3) is 0. The van der Waals surface area contributed by atoms with Gasteiger partial charge in [0, 0.05) is 11.8 Å². The maximum Gasteiger partial charge on any atom is 0.140 e. The molecule has 0 aliphatic heterocycles. The molecule has 0 bridgehead atoms. The average Bonchev–Trinajstić information content (AvgIpc) is 2.30. The molecule has 0 saturated heterocycles. The van der Waals surface area contributed by atoms with Gasteiger partial charge in [0.1, 0.15) is 11.8 Å². The van der Waals surface area contributed by atoms with Gasteiger partial charge in [0.15, 0.2) is 0 Å². The predicted octanol–water partition coefficient (Wildman–Crippen LogP) is 2.42. The summed E-state index contributed by atoms with van der Waals surface area (Å²) in [5, 5.41) is 8.58. The molecule has 1 radical (unpaired) electrons. The highest BCUT2D eigenvalue weighted by Crippen LogP contribution is 2.16. The predicted molar refractivity (Wildman–Crippen MR) is 53.2 cm³/mol. The molecule has 0 aliphatic rings. The molecule has 0 saturated carbocycles. The number of rotatable bonds is 1. The summed E-state index contributed by atoms with van der Waals surface area (Å²) in [6, 6.07) is 16.2. The lowest BCUT2D eigenvalue weighted by molar-refractivity contribution is 1.26. The van der Waals surface area contributed by atoms with Crippen LogP contribution in [0.2, 0.25) is 0 Å². The zero-order chi connectivity index (χ0) is 9.80. The molecule has 0 fully saturated rings. The van der Waals surface area contributed by atoms with Crippen molar-refractivity contribution in [2.24, 2.45) is 0 Å². The number of benzene rings is 1. The zero-order valence-electron chi connectivity index (χ0n) is 7.44. The van der Waals surface area contributed by atoms with E-state index in [0.29, 0.717) is 5.69 Å². The van der Waals surface area contributed by atoms with Crippen LogP contribution in [0.4, 0.5) is 0 Å². The summed E-state index contributed by atoms with van der Waals surface area (Å²) in [5.41, 5.74) is 2.54. The molecular formula is C12H7N2. The molecule has 2 rings (SSSR count). The maximum atomic E-state index is 8.58. The van der Waals surface area contributed by atoms with Crippen LogP contribution < -0.4 is 0 Å². The monoisotopic (exact) mass is 179 g/mol. The topological polar surface area (TPSA) is 36.7 Å². The zero-order valence-corrected chi connectivity index (χ0v) is 7.44. The van der Waals surface area contributed by atoms with E-state index in [1.54, 1.807) is 12.3 Å². The summed E-state index contributed by atoms with van der Waals surface area (Å²) in [5.74, 6) is 0. The van der Waals surface area contributed by atoms with Crippen molar-refractivity contribution >= 4 is 0 Å². The van der Waals surface area contributed by atoms with Gasteiger partial charge in [-0.25, -0.2) is 4.98 Å². The van der Waals surface area contributed by atoms with E-state index in [2.05, 4.69) is 11.1 Å². The van der Waals surface area contributed by atoms with Crippen molar-refractivity contribution < 1.29 is 0 Å². The van der Waals surface area contributed by atoms with Crippen LogP contribution >= 0.6 is 0 Å². The summed E-state index contributed by atoms with van der Waals surface area (Å²) in [4.78, 5) is 4.00. The summed E-state index contributed by atoms with van der Waals surface area (Å²) in [6.07, 6.45) is 1.70. The second kappa shape index (κ2) is 3.71. The van der Waals surface area contributed by atoms with Gasteiger partial charge in [0.2, 0.25) is 0 Å². The first kappa shape index (κ1) is 8.46. The Hall–Kier alpha value is -2.14. The second-order valence-corrected chi connectivity index (χ2v) is 2.83. The lowest BCUT2D eigenvalue weighted by Gasteiger charge is -1.99. The summed E-state index contributed by atoms with van der Waals surface area (Å²) >= 11 is 0. The van der Waals surface area contributed by atoms with Gasteiger partial charge in [-0.3, -0.25) is 0 Å². The Morgan fingerprint density at radius 3 is 2.43 bits per heavy atom. The van der Waals surface area contributed by atoms with Crippen molar-refractivity contribution in [1.29, 1.82) is 5.26 Å². The van der Waals surface area contributed by atoms with Crippen LogP contribution in [0.5, 0.6) is 0 Å². The SMILES string of the molecule is N#Cc1ccc(-c2cc[c]cc2)cn1. The van der Waals surface area contributed by atoms with E-state index in [1.807, 2.05) is 36.4 Å². The molecule has 0 N–H and O–H groups in total. The van der Waals surface area contributed by atoms with Crippen LogP contribution in [-0.4, -0.2) is 4.98 Å². The number of hydrogen-bond acceptors (Lipinski definition) is 2. The normalized spacial score (nSPS) is 9.36. The van der Waals surface area contributed by atoms with Crippen LogP contribution in [0.15, 0.2) is 42.6 Å². The molecule has 0 aliphatic carbocycles. The Labute approximate surface area is 82.5 Å². The van der Waals surface area contributed by atoms with E-state index < -0.39 is 0 Å². The molecule has 1 aromatic heterocycles. The van der Waals surface area contributed by atoms with E-state index in [1.165, 1.54) is 0 Å². The molecule has 2 aromatic rings. The average molecular weight is 179 g/mol. The lowest BCUT2D eigenvalue weighted by Crippen LogP contribution is -1.83. The van der Waals surface area contributed by atoms with E-state index in [-0.39, 0.29) is 0 Å². The smallest absolute Gasteiger partial charge is 0.140 e. The van der Waals surface area contributed by atoms with Gasteiger partial charge in [0.25, 0.3) is 0 Å². The second-order valence-electron chi connectivity index (χ2n) is 2.83. The molecule has 14 heavy (non-hydrogen) atoms. The van der Waals surface area contributed by atoms with Crippen LogP contribution in [-0.2, 0) is 0 Å². The Kier molecular flexibility index (Phi) is 2.24. The van der Waals surface area contributed by atoms with Crippen LogP contribution in [0, 0.1) is 17.4 Å². The Morgan fingerprint density at radius 1 is 1.07 bits per heavy atom. The number of pyridine rings is 1. The van der Waals surface area contributed by atoms with Gasteiger partial charge in [0.05, 0.1) is 0 Å². The first-order valence-electron chi connectivity index (χ1n) is 4.23. The number of nitriles is 1. The van der Waals surface area contributed by atoms with Crippen molar-refractivity contribution in [3.63, 3.8) is 0 Å². The van der Waals surface area contributed by atoms with Gasteiger partial charge < -0.3 is 0 Å². The van der Waals surface area contributed by atoms with E-state index in [0.717, 1.165) is 11.1 Å². The molecule has 0 amide bonds. The van der Waals surface area contributed by atoms with E-state index in [4.69, 9.17) is 5.26 Å². The van der Waals surface area contributed by atoms with Gasteiger partial charge in [-0.05, 0) is 23.8 Å². The molecule has 0 spiro atoms. The van der Waals surface area contributed by atoms with Crippen molar-refractivity contribution in [2.75, 3.05) is 0 Å². The first-order valence-corrected chi connectivity index (χ1v) is 4.23. The summed E-state index contributed by atoms with van der Waals surface area (Å²) < 4.78 is 0. The minimum absolute atomic E-state index is 0.441. The fourth-order valence-electron chi connectivity index (χ4n) is 1.21. The Bertz CT molecular complexity index is 452. The van der Waals surface area contributed by atoms with Crippen LogP contribution in [0.3, 0.4) is 0 Å². The number of nitrogens with zero attached hydrogens (tertiary/aromatic N) is 2. The molecule has 2 nitrogen and oxygen atoms in total. The summed E-state index contributed by atoms with van der Waals surface area (Å²) in [7, 11) is 0. The minimum atomic E-state index is 0.441. The first-order chi connectivity index (χ1) is 6.90. The van der Waals surface area contributed by atoms with Crippen LogP contribution in [0.25, 0.3) is 11.1 Å². The van der Waals surface area contributed by atoms with Crippen LogP contribution in [0.1, 0.15) is 5.69 Å². The Morgan fingerprint density at radius 2 is 1.86 bits per heavy atom. The van der Waals surface area contributed by atoms with Gasteiger partial charge in [-0.15, -0.1) is 0 Å². The third kappa shape index (κ3) is 1.62. The molecular weight excluding hydrogens is 172 g/mol. The largest absolute Gasteiger partial charge is 0.245 e. The van der Waals surface area contributed by atoms with Gasteiger partial charge >= 0.3 is 0 Å². The lowest BCUT2D eigenvalue weighted by atomic mass is 10.1. The molecule has 2 heteroatoms. The van der Waals surface area contributed by atoms with Crippen molar-refractivity contribution in [1.82, 2.24) is 4.98 Å². The van der Waals surface area contributed by atoms with E-state index >= 15 is 0 Å². The van der Waals surface area contributed by atoms with E-state index in [9.17, 15) is 0 Å². The Balaban J connectivity index is 2.40. The highest BCUT2D eigenvalue weighted by molar-refractivity contribution is 5.62. The molecule has 0 unspecified atom stereocenters. The van der Waals surface area contributed by atoms with Crippen molar-refractivity contribution in [3.8, 4) is 17.2 Å². The number of hydrogen-bond donors (Lipinski definition) is 0. The summed E-state index contributed by atoms with van der Waals surface area (Å²) in [6.45, 7) is 0. The molecule has 1 aromatic carbocycles. The minimum Gasteiger partial charge on any atom is -0.245 e. The van der Waals surface area contributed by atoms with Crippen molar-refractivity contribution in [2.45, 2.75) is 0 Å².